The fourth-order valence-electron chi connectivity index (χ4n) is 2.75. The summed E-state index contributed by atoms with van der Waals surface area (Å²) in [4.78, 5) is 35.5. The van der Waals surface area contributed by atoms with Crippen molar-refractivity contribution >= 4 is 29.2 Å². The van der Waals surface area contributed by atoms with Crippen LogP contribution >= 0.6 is 11.6 Å². The van der Waals surface area contributed by atoms with Gasteiger partial charge in [-0.25, -0.2) is 14.4 Å². The molecular weight excluding hydrogens is 436 g/mol. The van der Waals surface area contributed by atoms with Gasteiger partial charge >= 0.3 is 17.6 Å². The number of hydrogen-bond donors (Lipinski definition) is 1. The van der Waals surface area contributed by atoms with Crippen LogP contribution in [0.15, 0.2) is 60.7 Å². The fraction of sp³-hybridized carbons (Fsp3) is 0.348. The molecule has 1 aliphatic heterocycles. The van der Waals surface area contributed by atoms with E-state index in [1.165, 1.54) is 0 Å². The number of benzene rings is 2. The molecule has 2 aromatic rings. The first-order chi connectivity index (χ1) is 15.1. The number of rotatable bonds is 3. The highest BCUT2D eigenvalue weighted by atomic mass is 35.5. The van der Waals surface area contributed by atoms with Crippen LogP contribution in [0, 0.1) is 0 Å². The molecule has 0 aromatic heterocycles. The number of nitrogens with one attached hydrogen (secondary N) is 1. The Morgan fingerprint density at radius 3 is 1.97 bits per heavy atom. The van der Waals surface area contributed by atoms with Crippen LogP contribution in [0.25, 0.3) is 0 Å². The van der Waals surface area contributed by atoms with Gasteiger partial charge in [0.2, 0.25) is 0 Å². The van der Waals surface area contributed by atoms with Gasteiger partial charge in [-0.1, -0.05) is 36.4 Å². The van der Waals surface area contributed by atoms with Gasteiger partial charge < -0.3 is 24.4 Å². The number of likely N-dealkylation sites (tertiary alicyclic amines) is 1. The Hall–Kier alpha value is -3.26. The van der Waals surface area contributed by atoms with Crippen LogP contribution in [0.1, 0.15) is 27.2 Å². The lowest BCUT2D eigenvalue weighted by Crippen LogP contribution is -2.41. The highest BCUT2D eigenvalue weighted by Crippen LogP contribution is 2.15. The van der Waals surface area contributed by atoms with Crippen molar-refractivity contribution in [2.75, 3.05) is 13.1 Å². The van der Waals surface area contributed by atoms with Crippen LogP contribution in [-0.2, 0) is 4.74 Å². The zero-order valence-electron chi connectivity index (χ0n) is 18.2. The summed E-state index contributed by atoms with van der Waals surface area (Å²) in [6.07, 6.45) is -0.182. The average Bonchev–Trinajstić information content (AvgIpc) is 3.16. The summed E-state index contributed by atoms with van der Waals surface area (Å²) in [6.45, 7) is 6.40. The predicted octanol–water partition coefficient (Wildman–Crippen LogP) is 5.21. The minimum absolute atomic E-state index is 0.113. The second kappa shape index (κ2) is 12.0. The average molecular weight is 463 g/mol. The zero-order chi connectivity index (χ0) is 23.6. The molecule has 0 unspecified atom stereocenters. The summed E-state index contributed by atoms with van der Waals surface area (Å²) < 4.78 is 15.0. The Morgan fingerprint density at radius 2 is 1.47 bits per heavy atom. The summed E-state index contributed by atoms with van der Waals surface area (Å²) in [5, 5.41) is 2.77. The second-order valence-electron chi connectivity index (χ2n) is 7.91. The molecule has 0 saturated carbocycles. The minimum Gasteiger partial charge on any atom is -0.444 e. The van der Waals surface area contributed by atoms with Crippen LogP contribution in [0.3, 0.4) is 0 Å². The molecule has 2 amide bonds. The molecule has 3 rings (SSSR count). The highest BCUT2D eigenvalue weighted by molar-refractivity contribution is 6.61. The van der Waals surface area contributed by atoms with Crippen molar-refractivity contribution in [3.05, 3.63) is 60.7 Å². The normalized spacial score (nSPS) is 15.1. The molecule has 1 atom stereocenters. The van der Waals surface area contributed by atoms with Crippen molar-refractivity contribution in [3.8, 4) is 11.5 Å². The number of alkyl carbamates (subject to hydrolysis) is 1. The van der Waals surface area contributed by atoms with Crippen molar-refractivity contribution in [1.82, 2.24) is 10.2 Å². The molecule has 1 fully saturated rings. The van der Waals surface area contributed by atoms with Crippen LogP contribution in [0.2, 0.25) is 0 Å². The van der Waals surface area contributed by atoms with E-state index in [0.29, 0.717) is 31.0 Å². The van der Waals surface area contributed by atoms with E-state index >= 15 is 0 Å². The van der Waals surface area contributed by atoms with Crippen molar-refractivity contribution in [1.29, 1.82) is 0 Å². The number of carbonyl (C=O) groups excluding carboxylic acids is 3. The molecular formula is C23H27ClN2O6. The van der Waals surface area contributed by atoms with E-state index in [-0.39, 0.29) is 6.04 Å². The summed E-state index contributed by atoms with van der Waals surface area (Å²) >= 11 is 4.95. The molecule has 2 aromatic carbocycles. The largest absolute Gasteiger partial charge is 0.444 e. The molecule has 1 aliphatic rings. The van der Waals surface area contributed by atoms with E-state index in [1.807, 2.05) is 32.9 Å². The Kier molecular flexibility index (Phi) is 9.34. The van der Waals surface area contributed by atoms with Crippen molar-refractivity contribution < 1.29 is 28.6 Å². The van der Waals surface area contributed by atoms with Gasteiger partial charge in [-0.3, -0.25) is 0 Å². The number of para-hydroxylation sites is 2. The van der Waals surface area contributed by atoms with E-state index in [1.54, 1.807) is 53.4 Å². The van der Waals surface area contributed by atoms with Crippen molar-refractivity contribution in [3.63, 3.8) is 0 Å². The lowest BCUT2D eigenvalue weighted by molar-refractivity contribution is 0.0505. The molecule has 0 spiro atoms. The minimum atomic E-state index is -0.814. The quantitative estimate of drug-likeness (QED) is 0.629. The third kappa shape index (κ3) is 9.70. The van der Waals surface area contributed by atoms with E-state index in [0.717, 1.165) is 0 Å². The summed E-state index contributed by atoms with van der Waals surface area (Å²) in [7, 11) is 0. The molecule has 0 aliphatic carbocycles. The molecule has 0 radical (unpaired) electrons. The third-order valence-electron chi connectivity index (χ3n) is 4.06. The molecule has 9 heteroatoms. The summed E-state index contributed by atoms with van der Waals surface area (Å²) in [6, 6.07) is 17.5. The first kappa shape index (κ1) is 25.0. The monoisotopic (exact) mass is 462 g/mol. The van der Waals surface area contributed by atoms with E-state index in [9.17, 15) is 14.4 Å². The predicted molar refractivity (Wildman–Crippen MR) is 120 cm³/mol. The lowest BCUT2D eigenvalue weighted by Gasteiger charge is -2.22. The van der Waals surface area contributed by atoms with Crippen LogP contribution in [0.4, 0.5) is 14.4 Å². The first-order valence-electron chi connectivity index (χ1n) is 10.1. The topological polar surface area (TPSA) is 94.2 Å². The molecule has 1 N–H and O–H groups in total. The molecule has 0 bridgehead atoms. The van der Waals surface area contributed by atoms with Gasteiger partial charge in [-0.2, -0.15) is 0 Å². The third-order valence-corrected chi connectivity index (χ3v) is 4.13. The molecule has 1 saturated heterocycles. The van der Waals surface area contributed by atoms with Crippen molar-refractivity contribution in [2.45, 2.75) is 38.8 Å². The Balaban J connectivity index is 0.000000303. The Morgan fingerprint density at radius 1 is 0.938 bits per heavy atom. The number of ether oxygens (including phenoxy) is 3. The van der Waals surface area contributed by atoms with E-state index in [4.69, 9.17) is 21.1 Å². The molecule has 1 heterocycles. The van der Waals surface area contributed by atoms with E-state index in [2.05, 4.69) is 10.1 Å². The van der Waals surface area contributed by atoms with Gasteiger partial charge in [0.05, 0.1) is 6.04 Å². The van der Waals surface area contributed by atoms with Gasteiger partial charge in [0.25, 0.3) is 0 Å². The van der Waals surface area contributed by atoms with Gasteiger partial charge in [0, 0.05) is 24.7 Å². The van der Waals surface area contributed by atoms with Crippen LogP contribution < -0.4 is 14.8 Å². The van der Waals surface area contributed by atoms with Gasteiger partial charge in [0.15, 0.2) is 0 Å². The lowest BCUT2D eigenvalue weighted by atomic mass is 10.2. The maximum absolute atomic E-state index is 12.0. The second-order valence-corrected chi connectivity index (χ2v) is 8.22. The fourth-order valence-corrected chi connectivity index (χ4v) is 2.84. The number of nitrogens with zero attached hydrogens (tertiary/aromatic N) is 1. The standard InChI is InChI=1S/C16H22N2O4.C7H5ClO2/c1-16(2,3)22-14(19)17-12-9-10-18(11-12)15(20)21-13-7-5-4-6-8-13;8-7(9)10-6-4-2-1-3-5-6/h4-8,12H,9-11H2,1-3H3,(H,17,19);1-5H/t12-;/m1./s1. The van der Waals surface area contributed by atoms with Crippen LogP contribution in [0.5, 0.6) is 11.5 Å². The van der Waals surface area contributed by atoms with Gasteiger partial charge in [0.1, 0.15) is 17.1 Å². The van der Waals surface area contributed by atoms with Gasteiger partial charge in [-0.15, -0.1) is 0 Å². The maximum atomic E-state index is 12.0. The zero-order valence-corrected chi connectivity index (χ0v) is 19.0. The first-order valence-corrected chi connectivity index (χ1v) is 10.4. The molecule has 32 heavy (non-hydrogen) atoms. The smallest absolute Gasteiger partial charge is 0.415 e. The molecule has 172 valence electrons. The Bertz CT molecular complexity index is 886. The number of carbonyl (C=O) groups is 3. The van der Waals surface area contributed by atoms with E-state index < -0.39 is 23.2 Å². The van der Waals surface area contributed by atoms with Crippen molar-refractivity contribution in [2.24, 2.45) is 0 Å². The highest BCUT2D eigenvalue weighted by Gasteiger charge is 2.29. The number of halogens is 1. The summed E-state index contributed by atoms with van der Waals surface area (Å²) in [5.74, 6) is 0.971. The maximum Gasteiger partial charge on any atom is 0.415 e. The van der Waals surface area contributed by atoms with Gasteiger partial charge in [-0.05, 0) is 51.5 Å². The summed E-state index contributed by atoms with van der Waals surface area (Å²) in [5.41, 5.74) is -1.35. The molecule has 8 nitrogen and oxygen atoms in total. The SMILES string of the molecule is CC(C)(C)OC(=O)N[C@@H]1CCN(C(=O)Oc2ccccc2)C1.O=C(Cl)Oc1ccccc1. The number of hydrogen-bond acceptors (Lipinski definition) is 6. The number of amides is 2. The van der Waals surface area contributed by atoms with Crippen LogP contribution in [-0.4, -0.2) is 47.2 Å². The Labute approximate surface area is 192 Å².